The predicted molar refractivity (Wildman–Crippen MR) is 92.9 cm³/mol. The maximum Gasteiger partial charge on any atom is 0.202 e. The largest absolute Gasteiger partial charge is 0.455 e. The Balaban J connectivity index is 1.64. The normalized spacial score (nSPS) is 22.0. The Labute approximate surface area is 141 Å². The molecule has 1 unspecified atom stereocenters. The van der Waals surface area contributed by atoms with Gasteiger partial charge in [-0.25, -0.2) is 0 Å². The summed E-state index contributed by atoms with van der Waals surface area (Å²) in [5, 5.41) is 0. The van der Waals surface area contributed by atoms with Gasteiger partial charge < -0.3 is 14.4 Å². The Morgan fingerprint density at radius 3 is 2.54 bits per heavy atom. The summed E-state index contributed by atoms with van der Waals surface area (Å²) >= 11 is 0. The number of morpholine rings is 1. The monoisotopic (exact) mass is 321 g/mol. The minimum atomic E-state index is 0.183. The van der Waals surface area contributed by atoms with Crippen LogP contribution < -0.4 is 9.64 Å². The Bertz CT molecular complexity index is 799. The minimum Gasteiger partial charge on any atom is -0.455 e. The molecular weight excluding hydrogens is 302 g/mol. The van der Waals surface area contributed by atoms with Gasteiger partial charge in [-0.1, -0.05) is 30.3 Å². The van der Waals surface area contributed by atoms with E-state index in [0.717, 1.165) is 56.0 Å². The van der Waals surface area contributed by atoms with E-state index in [9.17, 15) is 0 Å². The summed E-state index contributed by atoms with van der Waals surface area (Å²) < 4.78 is 11.7. The number of hydrogen-bond acceptors (Lipinski definition) is 5. The molecule has 3 aliphatic heterocycles. The summed E-state index contributed by atoms with van der Waals surface area (Å²) in [7, 11) is 0. The van der Waals surface area contributed by atoms with Gasteiger partial charge in [-0.15, -0.1) is 0 Å². The zero-order valence-corrected chi connectivity index (χ0v) is 13.4. The van der Waals surface area contributed by atoms with Crippen molar-refractivity contribution in [1.29, 1.82) is 0 Å². The average molecular weight is 321 g/mol. The standard InChI is InChI=1S/C19H19N3O2/c1-3-7-17-14(5-1)16-13-20-19(21-9-11-23-12-10-21)22(16)15-6-2-4-8-18(15)24-17/h1-8,16H,9-13H2. The van der Waals surface area contributed by atoms with E-state index in [1.165, 1.54) is 5.56 Å². The van der Waals surface area contributed by atoms with Gasteiger partial charge in [0.2, 0.25) is 5.96 Å². The molecule has 1 fully saturated rings. The van der Waals surface area contributed by atoms with Crippen LogP contribution in [0.5, 0.6) is 11.5 Å². The number of ether oxygens (including phenoxy) is 2. The lowest BCUT2D eigenvalue weighted by molar-refractivity contribution is 0.0675. The Hall–Kier alpha value is -2.53. The van der Waals surface area contributed by atoms with Gasteiger partial charge in [0.25, 0.3) is 0 Å². The number of anilines is 1. The van der Waals surface area contributed by atoms with Crippen LogP contribution in [-0.2, 0) is 4.74 Å². The lowest BCUT2D eigenvalue weighted by Crippen LogP contribution is -2.48. The first kappa shape index (κ1) is 13.9. The quantitative estimate of drug-likeness (QED) is 0.747. The van der Waals surface area contributed by atoms with Crippen molar-refractivity contribution in [2.45, 2.75) is 6.04 Å². The van der Waals surface area contributed by atoms with Crippen molar-refractivity contribution in [2.75, 3.05) is 37.7 Å². The smallest absolute Gasteiger partial charge is 0.202 e. The SMILES string of the molecule is c1ccc2c(c1)Oc1ccccc1N1C(N3CCOCC3)=NCC21. The first-order valence-corrected chi connectivity index (χ1v) is 8.44. The number of nitrogens with zero attached hydrogens (tertiary/aromatic N) is 3. The van der Waals surface area contributed by atoms with Crippen molar-refractivity contribution in [3.63, 3.8) is 0 Å². The number of para-hydroxylation sites is 3. The molecule has 122 valence electrons. The number of hydrogen-bond donors (Lipinski definition) is 0. The summed E-state index contributed by atoms with van der Waals surface area (Å²) in [6.45, 7) is 4.03. The number of aliphatic imine (C=N–C) groups is 1. The lowest BCUT2D eigenvalue weighted by atomic mass is 10.1. The van der Waals surface area contributed by atoms with Gasteiger partial charge in [-0.05, 0) is 18.2 Å². The van der Waals surface area contributed by atoms with Gasteiger partial charge in [0.05, 0.1) is 31.5 Å². The number of rotatable bonds is 0. The molecule has 0 radical (unpaired) electrons. The van der Waals surface area contributed by atoms with E-state index in [1.807, 2.05) is 24.3 Å². The maximum absolute atomic E-state index is 6.23. The van der Waals surface area contributed by atoms with Crippen LogP contribution in [-0.4, -0.2) is 43.7 Å². The molecular formula is C19H19N3O2. The molecule has 3 heterocycles. The molecule has 1 saturated heterocycles. The minimum absolute atomic E-state index is 0.183. The van der Waals surface area contributed by atoms with E-state index < -0.39 is 0 Å². The van der Waals surface area contributed by atoms with Gasteiger partial charge >= 0.3 is 0 Å². The van der Waals surface area contributed by atoms with E-state index in [2.05, 4.69) is 34.1 Å². The van der Waals surface area contributed by atoms with Crippen LogP contribution in [0.25, 0.3) is 0 Å². The van der Waals surface area contributed by atoms with Crippen molar-refractivity contribution in [3.05, 3.63) is 54.1 Å². The van der Waals surface area contributed by atoms with Crippen LogP contribution in [0.2, 0.25) is 0 Å². The highest BCUT2D eigenvalue weighted by molar-refractivity contribution is 6.00. The second-order valence-corrected chi connectivity index (χ2v) is 6.23. The molecule has 2 aromatic rings. The van der Waals surface area contributed by atoms with Crippen LogP contribution >= 0.6 is 0 Å². The molecule has 0 bridgehead atoms. The van der Waals surface area contributed by atoms with Crippen molar-refractivity contribution < 1.29 is 9.47 Å². The average Bonchev–Trinajstić information content (AvgIpc) is 3.02. The molecule has 5 heteroatoms. The van der Waals surface area contributed by atoms with E-state index in [4.69, 9.17) is 14.5 Å². The molecule has 0 N–H and O–H groups in total. The van der Waals surface area contributed by atoms with Gasteiger partial charge in [0.15, 0.2) is 5.75 Å². The summed E-state index contributed by atoms with van der Waals surface area (Å²) in [4.78, 5) is 9.57. The Morgan fingerprint density at radius 2 is 1.67 bits per heavy atom. The molecule has 5 rings (SSSR count). The van der Waals surface area contributed by atoms with Crippen LogP contribution in [0.1, 0.15) is 11.6 Å². The number of fused-ring (bicyclic) bond motifs is 5. The Kier molecular flexibility index (Phi) is 3.19. The van der Waals surface area contributed by atoms with Gasteiger partial charge in [-0.2, -0.15) is 0 Å². The fraction of sp³-hybridized carbons (Fsp3) is 0.316. The van der Waals surface area contributed by atoms with Crippen LogP contribution in [0.4, 0.5) is 5.69 Å². The molecule has 5 nitrogen and oxygen atoms in total. The van der Waals surface area contributed by atoms with E-state index in [1.54, 1.807) is 0 Å². The molecule has 0 aliphatic carbocycles. The van der Waals surface area contributed by atoms with Crippen LogP contribution in [0.3, 0.4) is 0 Å². The van der Waals surface area contributed by atoms with Crippen molar-refractivity contribution >= 4 is 11.6 Å². The van der Waals surface area contributed by atoms with Gasteiger partial charge in [0, 0.05) is 18.7 Å². The summed E-state index contributed by atoms with van der Waals surface area (Å²) in [5.41, 5.74) is 2.28. The molecule has 1 atom stereocenters. The summed E-state index contributed by atoms with van der Waals surface area (Å²) in [6, 6.07) is 16.7. The predicted octanol–water partition coefficient (Wildman–Crippen LogP) is 3.04. The fourth-order valence-corrected chi connectivity index (χ4v) is 3.70. The van der Waals surface area contributed by atoms with E-state index in [0.29, 0.717) is 0 Å². The van der Waals surface area contributed by atoms with Gasteiger partial charge in [-0.3, -0.25) is 9.89 Å². The molecule has 0 saturated carbocycles. The van der Waals surface area contributed by atoms with E-state index in [-0.39, 0.29) is 6.04 Å². The molecule has 3 aliphatic rings. The highest BCUT2D eigenvalue weighted by Gasteiger charge is 2.38. The molecule has 0 spiro atoms. The topological polar surface area (TPSA) is 37.3 Å². The number of benzene rings is 2. The molecule has 24 heavy (non-hydrogen) atoms. The zero-order valence-electron chi connectivity index (χ0n) is 13.4. The van der Waals surface area contributed by atoms with Crippen LogP contribution in [0, 0.1) is 0 Å². The first-order valence-electron chi connectivity index (χ1n) is 8.44. The van der Waals surface area contributed by atoms with Gasteiger partial charge in [0.1, 0.15) is 5.75 Å². The third-order valence-electron chi connectivity index (χ3n) is 4.85. The second kappa shape index (κ2) is 5.53. The molecule has 0 aromatic heterocycles. The third-order valence-corrected chi connectivity index (χ3v) is 4.85. The zero-order chi connectivity index (χ0) is 15.9. The van der Waals surface area contributed by atoms with Crippen molar-refractivity contribution in [2.24, 2.45) is 4.99 Å². The molecule has 0 amide bonds. The molecule has 2 aromatic carbocycles. The van der Waals surface area contributed by atoms with Crippen molar-refractivity contribution in [1.82, 2.24) is 4.90 Å². The Morgan fingerprint density at radius 1 is 0.917 bits per heavy atom. The highest BCUT2D eigenvalue weighted by Crippen LogP contribution is 2.46. The van der Waals surface area contributed by atoms with Crippen molar-refractivity contribution in [3.8, 4) is 11.5 Å². The second-order valence-electron chi connectivity index (χ2n) is 6.23. The fourth-order valence-electron chi connectivity index (χ4n) is 3.70. The third kappa shape index (κ3) is 2.08. The highest BCUT2D eigenvalue weighted by atomic mass is 16.5. The maximum atomic E-state index is 6.23. The first-order chi connectivity index (χ1) is 11.9. The number of guanidine groups is 1. The van der Waals surface area contributed by atoms with E-state index >= 15 is 0 Å². The summed E-state index contributed by atoms with van der Waals surface area (Å²) in [6.07, 6.45) is 0. The summed E-state index contributed by atoms with van der Waals surface area (Å²) in [5.74, 6) is 2.85. The lowest BCUT2D eigenvalue weighted by Gasteiger charge is -2.35. The van der Waals surface area contributed by atoms with Crippen LogP contribution in [0.15, 0.2) is 53.5 Å².